The van der Waals surface area contributed by atoms with Crippen LogP contribution in [0.5, 0.6) is 23.0 Å². The highest BCUT2D eigenvalue weighted by Crippen LogP contribution is 2.30. The van der Waals surface area contributed by atoms with Gasteiger partial charge in [0, 0.05) is 7.11 Å². The molecular weight excluding hydrogens is 459 g/mol. The first-order valence-electron chi connectivity index (χ1n) is 12.5. The highest BCUT2D eigenvalue weighted by atomic mass is 19.1. The van der Waals surface area contributed by atoms with Gasteiger partial charge in [-0.2, -0.15) is 0 Å². The van der Waals surface area contributed by atoms with Crippen molar-refractivity contribution in [3.8, 4) is 34.1 Å². The average Bonchev–Trinajstić information content (AvgIpc) is 2.92. The van der Waals surface area contributed by atoms with Gasteiger partial charge < -0.3 is 23.7 Å². The molecule has 194 valence electrons. The molecule has 36 heavy (non-hydrogen) atoms. The summed E-state index contributed by atoms with van der Waals surface area (Å²) in [6.07, 6.45) is 4.48. The monoisotopic (exact) mass is 496 g/mol. The maximum atomic E-state index is 12.5. The normalized spacial score (nSPS) is 10.8. The third kappa shape index (κ3) is 9.08. The van der Waals surface area contributed by atoms with Crippen LogP contribution in [0.4, 0.5) is 4.39 Å². The Balaban J connectivity index is 1.62. The molecule has 0 aliphatic heterocycles. The van der Waals surface area contributed by atoms with Crippen molar-refractivity contribution >= 4 is 0 Å². The number of benzene rings is 3. The van der Waals surface area contributed by atoms with E-state index in [1.165, 1.54) is 11.1 Å². The van der Waals surface area contributed by atoms with Gasteiger partial charge in [0.1, 0.15) is 42.8 Å². The minimum absolute atomic E-state index is 0.244. The molecule has 0 aliphatic carbocycles. The Kier molecular flexibility index (Phi) is 11.9. The molecule has 0 unspecified atom stereocenters. The molecule has 3 aromatic carbocycles. The van der Waals surface area contributed by atoms with Crippen molar-refractivity contribution in [2.45, 2.75) is 32.1 Å². The topological polar surface area (TPSA) is 46.2 Å². The fourth-order valence-corrected chi connectivity index (χ4v) is 3.88. The fourth-order valence-electron chi connectivity index (χ4n) is 3.88. The molecule has 0 amide bonds. The zero-order chi connectivity index (χ0) is 25.4. The molecule has 6 heteroatoms. The van der Waals surface area contributed by atoms with E-state index in [0.29, 0.717) is 32.8 Å². The summed E-state index contributed by atoms with van der Waals surface area (Å²) in [6, 6.07) is 21.8. The van der Waals surface area contributed by atoms with Crippen LogP contribution in [-0.2, 0) is 11.2 Å². The van der Waals surface area contributed by atoms with Gasteiger partial charge in [0.05, 0.1) is 20.4 Å². The van der Waals surface area contributed by atoms with Crippen molar-refractivity contribution in [3.63, 3.8) is 0 Å². The lowest BCUT2D eigenvalue weighted by Crippen LogP contribution is -2.09. The van der Waals surface area contributed by atoms with Crippen molar-refractivity contribution in [1.29, 1.82) is 0 Å². The Bertz CT molecular complexity index is 1000. The SMILES string of the molecule is COCCOc1ccc(-c2ccc(OCCOc3ccc(OC)cc3)cc2CCCCCCF)cc1. The molecule has 0 atom stereocenters. The molecule has 0 bridgehead atoms. The van der Waals surface area contributed by atoms with E-state index in [9.17, 15) is 4.39 Å². The maximum absolute atomic E-state index is 12.5. The highest BCUT2D eigenvalue weighted by molar-refractivity contribution is 5.69. The Morgan fingerprint density at radius 1 is 0.583 bits per heavy atom. The second-order valence-corrected chi connectivity index (χ2v) is 8.41. The molecule has 0 radical (unpaired) electrons. The maximum Gasteiger partial charge on any atom is 0.122 e. The van der Waals surface area contributed by atoms with Crippen molar-refractivity contribution in [2.24, 2.45) is 0 Å². The van der Waals surface area contributed by atoms with E-state index in [1.807, 2.05) is 42.5 Å². The first-order chi connectivity index (χ1) is 17.7. The molecule has 0 heterocycles. The van der Waals surface area contributed by atoms with Gasteiger partial charge in [-0.15, -0.1) is 0 Å². The van der Waals surface area contributed by atoms with Crippen LogP contribution in [0.2, 0.25) is 0 Å². The summed E-state index contributed by atoms with van der Waals surface area (Å²) in [5.74, 6) is 3.21. The Hall–Kier alpha value is -3.25. The Labute approximate surface area is 214 Å². The molecule has 0 aromatic heterocycles. The zero-order valence-corrected chi connectivity index (χ0v) is 21.3. The van der Waals surface area contributed by atoms with Crippen LogP contribution in [0.25, 0.3) is 11.1 Å². The van der Waals surface area contributed by atoms with Crippen LogP contribution in [0.15, 0.2) is 66.7 Å². The number of unbranched alkanes of at least 4 members (excludes halogenated alkanes) is 3. The van der Waals surface area contributed by atoms with E-state index in [1.54, 1.807) is 14.2 Å². The summed E-state index contributed by atoms with van der Waals surface area (Å²) in [7, 11) is 3.30. The molecule has 5 nitrogen and oxygen atoms in total. The average molecular weight is 497 g/mol. The third-order valence-corrected chi connectivity index (χ3v) is 5.81. The van der Waals surface area contributed by atoms with Gasteiger partial charge in [-0.05, 0) is 84.5 Å². The standard InChI is InChI=1S/C30H37FO5/c1-32-19-20-34-27-10-8-24(9-11-27)30-17-16-29(23-25(30)7-5-3-4-6-18-31)36-22-21-35-28-14-12-26(33-2)13-15-28/h8-17,23H,3-7,18-22H2,1-2H3. The van der Waals surface area contributed by atoms with Gasteiger partial charge in [0.2, 0.25) is 0 Å². The number of hydrogen-bond acceptors (Lipinski definition) is 5. The quantitative estimate of drug-likeness (QED) is 0.190. The van der Waals surface area contributed by atoms with Crippen molar-refractivity contribution in [3.05, 3.63) is 72.3 Å². The van der Waals surface area contributed by atoms with Gasteiger partial charge in [-0.1, -0.05) is 31.0 Å². The van der Waals surface area contributed by atoms with Crippen LogP contribution in [0.3, 0.4) is 0 Å². The van der Waals surface area contributed by atoms with E-state index in [4.69, 9.17) is 23.7 Å². The number of halogens is 1. The lowest BCUT2D eigenvalue weighted by molar-refractivity contribution is 0.146. The summed E-state index contributed by atoms with van der Waals surface area (Å²) in [5, 5.41) is 0. The molecule has 0 spiro atoms. The predicted molar refractivity (Wildman–Crippen MR) is 141 cm³/mol. The molecule has 0 saturated carbocycles. The highest BCUT2D eigenvalue weighted by Gasteiger charge is 2.09. The summed E-state index contributed by atoms with van der Waals surface area (Å²) in [4.78, 5) is 0. The van der Waals surface area contributed by atoms with Crippen LogP contribution < -0.4 is 18.9 Å². The van der Waals surface area contributed by atoms with Crippen molar-refractivity contribution in [2.75, 3.05) is 47.3 Å². The number of hydrogen-bond donors (Lipinski definition) is 0. The largest absolute Gasteiger partial charge is 0.497 e. The molecule has 0 fully saturated rings. The van der Waals surface area contributed by atoms with Gasteiger partial charge in [0.15, 0.2) is 0 Å². The van der Waals surface area contributed by atoms with Crippen molar-refractivity contribution < 1.29 is 28.1 Å². The van der Waals surface area contributed by atoms with Gasteiger partial charge in [-0.3, -0.25) is 4.39 Å². The molecule has 3 aromatic rings. The molecule has 0 aliphatic rings. The van der Waals surface area contributed by atoms with E-state index >= 15 is 0 Å². The lowest BCUT2D eigenvalue weighted by Gasteiger charge is -2.14. The second-order valence-electron chi connectivity index (χ2n) is 8.41. The minimum Gasteiger partial charge on any atom is -0.497 e. The van der Waals surface area contributed by atoms with Crippen LogP contribution in [0, 0.1) is 0 Å². The van der Waals surface area contributed by atoms with Crippen LogP contribution in [0.1, 0.15) is 31.2 Å². The summed E-state index contributed by atoms with van der Waals surface area (Å²) < 4.78 is 40.1. The van der Waals surface area contributed by atoms with Crippen LogP contribution in [-0.4, -0.2) is 47.3 Å². The Morgan fingerprint density at radius 3 is 1.78 bits per heavy atom. The van der Waals surface area contributed by atoms with Crippen LogP contribution >= 0.6 is 0 Å². The third-order valence-electron chi connectivity index (χ3n) is 5.81. The van der Waals surface area contributed by atoms with Gasteiger partial charge >= 0.3 is 0 Å². The summed E-state index contributed by atoms with van der Waals surface area (Å²) in [6.45, 7) is 1.72. The fraction of sp³-hybridized carbons (Fsp3) is 0.400. The number of aryl methyl sites for hydroxylation is 1. The van der Waals surface area contributed by atoms with Gasteiger partial charge in [0.25, 0.3) is 0 Å². The van der Waals surface area contributed by atoms with Gasteiger partial charge in [-0.25, -0.2) is 0 Å². The lowest BCUT2D eigenvalue weighted by atomic mass is 9.95. The van der Waals surface area contributed by atoms with Crippen molar-refractivity contribution in [1.82, 2.24) is 0 Å². The number of rotatable bonds is 17. The smallest absolute Gasteiger partial charge is 0.122 e. The number of alkyl halides is 1. The predicted octanol–water partition coefficient (Wildman–Crippen LogP) is 6.92. The zero-order valence-electron chi connectivity index (χ0n) is 21.3. The van der Waals surface area contributed by atoms with E-state index in [2.05, 4.69) is 24.3 Å². The summed E-state index contributed by atoms with van der Waals surface area (Å²) in [5.41, 5.74) is 3.52. The Morgan fingerprint density at radius 2 is 1.14 bits per heavy atom. The molecule has 3 rings (SSSR count). The van der Waals surface area contributed by atoms with E-state index in [0.717, 1.165) is 54.2 Å². The first-order valence-corrected chi connectivity index (χ1v) is 12.5. The molecular formula is C30H37FO5. The minimum atomic E-state index is -0.244. The van der Waals surface area contributed by atoms with E-state index < -0.39 is 0 Å². The number of ether oxygens (including phenoxy) is 5. The first kappa shape index (κ1) is 27.3. The number of methoxy groups -OCH3 is 2. The van der Waals surface area contributed by atoms with E-state index in [-0.39, 0.29) is 6.67 Å². The second kappa shape index (κ2) is 15.7. The molecule has 0 saturated heterocycles. The summed E-state index contributed by atoms with van der Waals surface area (Å²) >= 11 is 0. The molecule has 0 N–H and O–H groups in total.